The zero-order valence-electron chi connectivity index (χ0n) is 11.5. The quantitative estimate of drug-likeness (QED) is 0.846. The van der Waals surface area contributed by atoms with Gasteiger partial charge in [-0.2, -0.15) is 0 Å². The molecule has 0 radical (unpaired) electrons. The first-order valence-electron chi connectivity index (χ1n) is 7.43. The Morgan fingerprint density at radius 3 is 2.70 bits per heavy atom. The highest BCUT2D eigenvalue weighted by atomic mass is 79.9. The fourth-order valence-electron chi connectivity index (χ4n) is 3.61. The molecule has 1 saturated heterocycles. The van der Waals surface area contributed by atoms with E-state index < -0.39 is 0 Å². The molecular weight excluding hydrogens is 318 g/mol. The fraction of sp³-hybridized carbons (Fsp3) is 0.562. The van der Waals surface area contributed by atoms with Crippen molar-refractivity contribution in [1.82, 2.24) is 4.90 Å². The number of carbonyl (C=O) groups is 1. The first-order chi connectivity index (χ1) is 9.65. The molecule has 1 aliphatic carbocycles. The van der Waals surface area contributed by atoms with E-state index in [1.165, 1.54) is 25.7 Å². The van der Waals surface area contributed by atoms with Crippen LogP contribution in [0.15, 0.2) is 22.7 Å². The van der Waals surface area contributed by atoms with Gasteiger partial charge in [0.05, 0.1) is 4.47 Å². The lowest BCUT2D eigenvalue weighted by Crippen LogP contribution is -2.44. The highest BCUT2D eigenvalue weighted by Gasteiger charge is 2.33. The number of halogens is 1. The summed E-state index contributed by atoms with van der Waals surface area (Å²) in [5.74, 6) is 1.69. The van der Waals surface area contributed by atoms with Gasteiger partial charge >= 0.3 is 0 Å². The number of carbonyl (C=O) groups excluding carboxylic acids is 1. The summed E-state index contributed by atoms with van der Waals surface area (Å²) in [6, 6.07) is 5.06. The van der Waals surface area contributed by atoms with E-state index >= 15 is 0 Å². The number of fused-ring (bicyclic) bond motifs is 1. The van der Waals surface area contributed by atoms with Gasteiger partial charge in [-0.05, 0) is 58.8 Å². The lowest BCUT2D eigenvalue weighted by atomic mass is 9.75. The smallest absolute Gasteiger partial charge is 0.253 e. The number of phenolic OH excluding ortho intramolecular Hbond substituents is 1. The third kappa shape index (κ3) is 2.71. The second-order valence-corrected chi connectivity index (χ2v) is 6.86. The van der Waals surface area contributed by atoms with Crippen LogP contribution in [-0.4, -0.2) is 29.0 Å². The predicted octanol–water partition coefficient (Wildman–Crippen LogP) is 3.81. The molecule has 3 nitrogen and oxygen atoms in total. The predicted molar refractivity (Wildman–Crippen MR) is 81.8 cm³/mol. The second kappa shape index (κ2) is 5.76. The molecule has 2 aliphatic rings. The molecule has 0 spiro atoms. The maximum Gasteiger partial charge on any atom is 0.253 e. The molecule has 0 bridgehead atoms. The van der Waals surface area contributed by atoms with Gasteiger partial charge in [0.15, 0.2) is 0 Å². The zero-order valence-corrected chi connectivity index (χ0v) is 13.1. The maximum absolute atomic E-state index is 12.5. The Morgan fingerprint density at radius 2 is 1.95 bits per heavy atom. The Morgan fingerprint density at radius 1 is 1.20 bits per heavy atom. The number of aromatic hydroxyl groups is 1. The number of nitrogens with zero attached hydrogens (tertiary/aromatic N) is 1. The second-order valence-electron chi connectivity index (χ2n) is 6.01. The number of likely N-dealkylation sites (tertiary alicyclic amines) is 1. The Labute approximate surface area is 128 Å². The molecule has 2 unspecified atom stereocenters. The highest BCUT2D eigenvalue weighted by Crippen LogP contribution is 2.36. The molecule has 3 rings (SSSR count). The summed E-state index contributed by atoms with van der Waals surface area (Å²) in [4.78, 5) is 14.5. The van der Waals surface area contributed by atoms with Crippen LogP contribution in [0, 0.1) is 11.8 Å². The van der Waals surface area contributed by atoms with E-state index in [2.05, 4.69) is 15.9 Å². The Bertz CT molecular complexity index is 517. The van der Waals surface area contributed by atoms with Gasteiger partial charge < -0.3 is 10.0 Å². The molecule has 20 heavy (non-hydrogen) atoms. The average molecular weight is 338 g/mol. The Hall–Kier alpha value is -1.03. The normalized spacial score (nSPS) is 26.1. The minimum atomic E-state index is 0.0526. The molecule has 1 aromatic carbocycles. The highest BCUT2D eigenvalue weighted by molar-refractivity contribution is 9.10. The van der Waals surface area contributed by atoms with Gasteiger partial charge in [0.1, 0.15) is 5.75 Å². The maximum atomic E-state index is 12.5. The summed E-state index contributed by atoms with van der Waals surface area (Å²) < 4.78 is 0.625. The number of rotatable bonds is 1. The van der Waals surface area contributed by atoms with E-state index in [-0.39, 0.29) is 11.7 Å². The number of phenols is 1. The van der Waals surface area contributed by atoms with Crippen LogP contribution >= 0.6 is 15.9 Å². The third-order valence-electron chi connectivity index (χ3n) is 4.77. The van der Waals surface area contributed by atoms with Crippen molar-refractivity contribution >= 4 is 21.8 Å². The van der Waals surface area contributed by atoms with Crippen LogP contribution in [0.4, 0.5) is 0 Å². The summed E-state index contributed by atoms with van der Waals surface area (Å²) in [6.07, 6.45) is 6.41. The first-order valence-corrected chi connectivity index (χ1v) is 8.22. The lowest BCUT2D eigenvalue weighted by Gasteiger charge is -2.41. The van der Waals surface area contributed by atoms with Crippen LogP contribution in [0.2, 0.25) is 0 Å². The van der Waals surface area contributed by atoms with Crippen molar-refractivity contribution in [2.45, 2.75) is 32.1 Å². The molecule has 1 aliphatic heterocycles. The molecule has 4 heteroatoms. The van der Waals surface area contributed by atoms with Gasteiger partial charge in [0.25, 0.3) is 5.91 Å². The third-order valence-corrected chi connectivity index (χ3v) is 5.44. The van der Waals surface area contributed by atoms with Crippen LogP contribution in [0.5, 0.6) is 5.75 Å². The van der Waals surface area contributed by atoms with Crippen molar-refractivity contribution in [2.24, 2.45) is 11.8 Å². The van der Waals surface area contributed by atoms with Crippen LogP contribution < -0.4 is 0 Å². The number of amides is 1. The van der Waals surface area contributed by atoms with Crippen molar-refractivity contribution in [2.75, 3.05) is 13.1 Å². The number of hydrogen-bond acceptors (Lipinski definition) is 2. The average Bonchev–Trinajstić information content (AvgIpc) is 2.49. The minimum absolute atomic E-state index is 0.0526. The monoisotopic (exact) mass is 337 g/mol. The largest absolute Gasteiger partial charge is 0.507 e. The number of piperidine rings is 1. The van der Waals surface area contributed by atoms with Gasteiger partial charge in [0, 0.05) is 18.7 Å². The molecule has 2 fully saturated rings. The van der Waals surface area contributed by atoms with Gasteiger partial charge in [-0.3, -0.25) is 4.79 Å². The standard InChI is InChI=1S/C16H20BrNO2/c17-14-6-5-12(9-15(14)19)16(20)18-8-7-11-3-1-2-4-13(11)10-18/h5-6,9,11,13,19H,1-4,7-8,10H2. The lowest BCUT2D eigenvalue weighted by molar-refractivity contribution is 0.0520. The zero-order chi connectivity index (χ0) is 14.1. The number of benzene rings is 1. The van der Waals surface area contributed by atoms with Crippen LogP contribution in [0.25, 0.3) is 0 Å². The summed E-state index contributed by atoms with van der Waals surface area (Å²) in [5, 5.41) is 9.72. The van der Waals surface area contributed by atoms with Crippen molar-refractivity contribution in [1.29, 1.82) is 0 Å². The summed E-state index contributed by atoms with van der Waals surface area (Å²) in [6.45, 7) is 1.75. The molecule has 2 atom stereocenters. The minimum Gasteiger partial charge on any atom is -0.507 e. The number of hydrogen-bond donors (Lipinski definition) is 1. The summed E-state index contributed by atoms with van der Waals surface area (Å²) in [5.41, 5.74) is 0.583. The van der Waals surface area contributed by atoms with Crippen molar-refractivity contribution in [3.8, 4) is 5.75 Å². The molecular formula is C16H20BrNO2. The van der Waals surface area contributed by atoms with Crippen molar-refractivity contribution in [3.05, 3.63) is 28.2 Å². The molecule has 1 amide bonds. The topological polar surface area (TPSA) is 40.5 Å². The summed E-state index contributed by atoms with van der Waals surface area (Å²) in [7, 11) is 0. The van der Waals surface area contributed by atoms with Gasteiger partial charge in [-0.1, -0.05) is 19.3 Å². The fourth-order valence-corrected chi connectivity index (χ4v) is 3.86. The van der Waals surface area contributed by atoms with Gasteiger partial charge in [-0.25, -0.2) is 0 Å². The van der Waals surface area contributed by atoms with E-state index in [4.69, 9.17) is 0 Å². The SMILES string of the molecule is O=C(c1ccc(Br)c(O)c1)N1CCC2CCCCC2C1. The van der Waals surface area contributed by atoms with Crippen LogP contribution in [-0.2, 0) is 0 Å². The van der Waals surface area contributed by atoms with E-state index in [9.17, 15) is 9.90 Å². The Balaban J connectivity index is 1.72. The van der Waals surface area contributed by atoms with Crippen LogP contribution in [0.1, 0.15) is 42.5 Å². The van der Waals surface area contributed by atoms with E-state index in [0.717, 1.165) is 25.4 Å². The van der Waals surface area contributed by atoms with Crippen LogP contribution in [0.3, 0.4) is 0 Å². The van der Waals surface area contributed by atoms with Crippen molar-refractivity contribution in [3.63, 3.8) is 0 Å². The Kier molecular flexibility index (Phi) is 4.01. The molecule has 108 valence electrons. The molecule has 1 N–H and O–H groups in total. The van der Waals surface area contributed by atoms with E-state index in [0.29, 0.717) is 16.0 Å². The molecule has 1 aromatic rings. The molecule has 1 saturated carbocycles. The molecule has 0 aromatic heterocycles. The van der Waals surface area contributed by atoms with Crippen molar-refractivity contribution < 1.29 is 9.90 Å². The van der Waals surface area contributed by atoms with Gasteiger partial charge in [0.2, 0.25) is 0 Å². The van der Waals surface area contributed by atoms with Gasteiger partial charge in [-0.15, -0.1) is 0 Å². The summed E-state index contributed by atoms with van der Waals surface area (Å²) >= 11 is 3.25. The van der Waals surface area contributed by atoms with E-state index in [1.807, 2.05) is 4.90 Å². The first kappa shape index (κ1) is 13.9. The van der Waals surface area contributed by atoms with E-state index in [1.54, 1.807) is 18.2 Å². The molecule has 1 heterocycles.